The molecule has 0 amide bonds. The Morgan fingerprint density at radius 2 is 1.19 bits per heavy atom. The summed E-state index contributed by atoms with van der Waals surface area (Å²) in [6, 6.07) is 0. The van der Waals surface area contributed by atoms with Crippen molar-refractivity contribution in [1.82, 2.24) is 0 Å². The van der Waals surface area contributed by atoms with Gasteiger partial charge in [0.15, 0.2) is 0 Å². The zero-order valence-electron chi connectivity index (χ0n) is 15.2. The first-order valence-corrected chi connectivity index (χ1v) is 8.07. The van der Waals surface area contributed by atoms with Crippen LogP contribution < -0.4 is 0 Å². The number of hydrogen-bond acceptors (Lipinski definition) is 3. The van der Waals surface area contributed by atoms with Gasteiger partial charge in [0.25, 0.3) is 0 Å². The van der Waals surface area contributed by atoms with Gasteiger partial charge in [0.05, 0.1) is 11.2 Å². The van der Waals surface area contributed by atoms with Crippen LogP contribution in [0.25, 0.3) is 0 Å². The van der Waals surface area contributed by atoms with Gasteiger partial charge in [0.1, 0.15) is 0 Å². The van der Waals surface area contributed by atoms with E-state index in [1.165, 1.54) is 20.9 Å². The Kier molecular flexibility index (Phi) is 15.4. The van der Waals surface area contributed by atoms with Crippen molar-refractivity contribution in [2.45, 2.75) is 85.5 Å². The zero-order chi connectivity index (χ0) is 17.7. The van der Waals surface area contributed by atoms with Gasteiger partial charge in [0.2, 0.25) is 0 Å². The zero-order valence-corrected chi connectivity index (χ0v) is 17.4. The summed E-state index contributed by atoms with van der Waals surface area (Å²) in [4.78, 5) is 0. The van der Waals surface area contributed by atoms with Crippen molar-refractivity contribution in [3.63, 3.8) is 0 Å². The van der Waals surface area contributed by atoms with Gasteiger partial charge in [-0.05, 0) is 41.5 Å². The Morgan fingerprint density at radius 3 is 1.24 bits per heavy atom. The molecule has 3 nitrogen and oxygen atoms in total. The number of aliphatic hydroxyl groups is 2. The molecule has 0 spiro atoms. The van der Waals surface area contributed by atoms with Gasteiger partial charge in [-0.1, -0.05) is 0 Å². The van der Waals surface area contributed by atoms with Crippen LogP contribution in [0.5, 0.6) is 0 Å². The number of rotatable bonds is 0. The standard InChI is InChI=1S/C5H5.C4H9N.2C4H10O.Nb/c1-2-4-5-3-1;3*1-4(2,3)5;/h1-3H,4H2;1-3H3;2*5H,1-3H3;/q-1;;;;. The maximum absolute atomic E-state index is 8.52. The van der Waals surface area contributed by atoms with Gasteiger partial charge in [-0.15, -0.1) is 6.42 Å². The fourth-order valence-corrected chi connectivity index (χ4v) is 0.340. The van der Waals surface area contributed by atoms with Gasteiger partial charge in [-0.3, -0.25) is 6.08 Å². The van der Waals surface area contributed by atoms with Crippen LogP contribution in [0.1, 0.15) is 68.7 Å². The second-order valence-electron chi connectivity index (χ2n) is 7.62. The monoisotopic (exact) mass is 377 g/mol. The summed E-state index contributed by atoms with van der Waals surface area (Å²) < 4.78 is 4.07. The first kappa shape index (κ1) is 25.9. The van der Waals surface area contributed by atoms with Crippen molar-refractivity contribution in [3.05, 3.63) is 24.3 Å². The summed E-state index contributed by atoms with van der Waals surface area (Å²) in [5.41, 5.74) is -0.811. The van der Waals surface area contributed by atoms with Crippen LogP contribution in [0.2, 0.25) is 0 Å². The SMILES string of the molecule is CC(C)(C)O.CC(C)(C)O.CC(C)(C)[N]=[Nb].[C-]1=CC=CC1. The van der Waals surface area contributed by atoms with Gasteiger partial charge in [-0.25, -0.2) is 12.2 Å². The molecule has 125 valence electrons. The predicted molar refractivity (Wildman–Crippen MR) is 87.7 cm³/mol. The molecule has 0 bridgehead atoms. The number of allylic oxidation sites excluding steroid dienone is 4. The van der Waals surface area contributed by atoms with E-state index in [1.807, 2.05) is 12.2 Å². The summed E-state index contributed by atoms with van der Waals surface area (Å²) in [5, 5.41) is 17.0. The first-order valence-electron chi connectivity index (χ1n) is 7.09. The van der Waals surface area contributed by atoms with E-state index in [1.54, 1.807) is 41.5 Å². The minimum Gasteiger partial charge on any atom is -0.273 e. The molecule has 1 rings (SSSR count). The average Bonchev–Trinajstić information content (AvgIpc) is 2.68. The third kappa shape index (κ3) is 102. The number of nitrogens with zero attached hydrogens (tertiary/aromatic N) is 1. The van der Waals surface area contributed by atoms with E-state index in [0.29, 0.717) is 0 Å². The molecule has 0 aromatic rings. The van der Waals surface area contributed by atoms with E-state index >= 15 is 0 Å². The van der Waals surface area contributed by atoms with Crippen LogP contribution >= 0.6 is 0 Å². The van der Waals surface area contributed by atoms with Crippen molar-refractivity contribution in [3.8, 4) is 0 Å². The van der Waals surface area contributed by atoms with Crippen molar-refractivity contribution in [1.29, 1.82) is 0 Å². The Bertz CT molecular complexity index is 268. The third-order valence-electron chi connectivity index (χ3n) is 0.886. The van der Waals surface area contributed by atoms with E-state index in [4.69, 9.17) is 10.2 Å². The molecule has 4 heteroatoms. The van der Waals surface area contributed by atoms with Crippen molar-refractivity contribution < 1.29 is 31.1 Å². The second kappa shape index (κ2) is 12.5. The largest absolute Gasteiger partial charge is 0.273 e. The van der Waals surface area contributed by atoms with Crippen LogP contribution in [0.3, 0.4) is 0 Å². The Hall–Kier alpha value is -0.0597. The molecule has 0 atom stereocenters. The predicted octanol–water partition coefficient (Wildman–Crippen LogP) is 4.38. The van der Waals surface area contributed by atoms with E-state index in [2.05, 4.69) is 36.3 Å². The molecule has 0 radical (unpaired) electrons. The second-order valence-corrected chi connectivity index (χ2v) is 8.11. The van der Waals surface area contributed by atoms with Crippen LogP contribution in [0.15, 0.2) is 21.6 Å². The van der Waals surface area contributed by atoms with E-state index in [-0.39, 0.29) is 5.54 Å². The summed E-state index contributed by atoms with van der Waals surface area (Å²) in [5.74, 6) is 0. The van der Waals surface area contributed by atoms with Gasteiger partial charge >= 0.3 is 50.5 Å². The van der Waals surface area contributed by atoms with Crippen LogP contribution in [0.4, 0.5) is 0 Å². The molecule has 0 fully saturated rings. The molecule has 0 saturated heterocycles. The maximum atomic E-state index is 8.52. The smallest absolute Gasteiger partial charge is 0.109 e. The fraction of sp³-hybridized carbons (Fsp3) is 0.765. The van der Waals surface area contributed by atoms with E-state index < -0.39 is 11.2 Å². The molecule has 1 aliphatic rings. The Morgan fingerprint density at radius 1 is 0.905 bits per heavy atom. The van der Waals surface area contributed by atoms with E-state index in [9.17, 15) is 0 Å². The molecule has 0 saturated carbocycles. The normalized spacial score (nSPS) is 13.0. The third-order valence-corrected chi connectivity index (χ3v) is 2.36. The van der Waals surface area contributed by atoms with Gasteiger partial charge in [0, 0.05) is 0 Å². The van der Waals surface area contributed by atoms with Gasteiger partial charge < -0.3 is 10.2 Å². The quantitative estimate of drug-likeness (QED) is 0.486. The molecule has 0 aromatic carbocycles. The van der Waals surface area contributed by atoms with Crippen LogP contribution in [-0.2, 0) is 20.9 Å². The molecule has 21 heavy (non-hydrogen) atoms. The summed E-state index contributed by atoms with van der Waals surface area (Å²) in [6.07, 6.45) is 10.0. The average molecular weight is 377 g/mol. The molecular weight excluding hydrogens is 343 g/mol. The molecule has 0 aliphatic heterocycles. The van der Waals surface area contributed by atoms with E-state index in [0.717, 1.165) is 6.42 Å². The topological polar surface area (TPSA) is 52.8 Å². The van der Waals surface area contributed by atoms with Crippen molar-refractivity contribution >= 4 is 0 Å². The molecule has 2 N–H and O–H groups in total. The molecule has 0 aromatic heterocycles. The number of hydrogen-bond donors (Lipinski definition) is 2. The first-order chi connectivity index (χ1) is 9.06. The fourth-order valence-electron chi connectivity index (χ4n) is 0.340. The Labute approximate surface area is 144 Å². The minimum absolute atomic E-state index is 0.189. The molecule has 0 unspecified atom stereocenters. The van der Waals surface area contributed by atoms with Crippen molar-refractivity contribution in [2.24, 2.45) is 3.34 Å². The van der Waals surface area contributed by atoms with Crippen molar-refractivity contribution in [2.75, 3.05) is 0 Å². The summed E-state index contributed by atoms with van der Waals surface area (Å²) in [6.45, 7) is 16.7. The molecular formula is C17H34NNbO2-. The molecule has 0 heterocycles. The maximum Gasteiger partial charge on any atom is -0.109 e. The minimum atomic E-state index is -0.500. The summed E-state index contributed by atoms with van der Waals surface area (Å²) in [7, 11) is 0. The Balaban J connectivity index is -0.000000206. The molecule has 1 aliphatic carbocycles. The van der Waals surface area contributed by atoms with Gasteiger partial charge in [-0.2, -0.15) is 6.08 Å². The van der Waals surface area contributed by atoms with Crippen LogP contribution in [0, 0.1) is 6.08 Å². The summed E-state index contributed by atoms with van der Waals surface area (Å²) >= 11 is 1.52. The van der Waals surface area contributed by atoms with Crippen LogP contribution in [-0.4, -0.2) is 27.0 Å².